The largest absolute Gasteiger partial charge is 0.372 e. The zero-order chi connectivity index (χ0) is 20.6. The highest BCUT2D eigenvalue weighted by atomic mass is 16.5. The van der Waals surface area contributed by atoms with Gasteiger partial charge in [0.1, 0.15) is 12.4 Å². The number of ether oxygens (including phenoxy) is 1. The van der Waals surface area contributed by atoms with E-state index in [1.54, 1.807) is 6.20 Å². The van der Waals surface area contributed by atoms with Crippen LogP contribution in [-0.4, -0.2) is 52.6 Å². The molecule has 2 aromatic rings. The lowest BCUT2D eigenvalue weighted by Gasteiger charge is -2.49. The van der Waals surface area contributed by atoms with Crippen molar-refractivity contribution in [1.29, 1.82) is 0 Å². The van der Waals surface area contributed by atoms with Crippen molar-refractivity contribution in [3.05, 3.63) is 53.1 Å². The molecule has 4 rings (SSSR count). The first-order valence-electron chi connectivity index (χ1n) is 10.2. The molecule has 1 atom stereocenters. The smallest absolute Gasteiger partial charge is 0.248 e. The molecule has 1 aromatic heterocycles. The molecule has 154 valence electrons. The molecule has 0 bridgehead atoms. The molecule has 7 heteroatoms. The predicted octanol–water partition coefficient (Wildman–Crippen LogP) is 1.88. The van der Waals surface area contributed by atoms with E-state index < -0.39 is 0 Å². The van der Waals surface area contributed by atoms with Crippen LogP contribution in [0.3, 0.4) is 0 Å². The lowest BCUT2D eigenvalue weighted by atomic mass is 9.86. The fourth-order valence-corrected chi connectivity index (χ4v) is 4.66. The minimum absolute atomic E-state index is 0.00444. The van der Waals surface area contributed by atoms with Gasteiger partial charge in [0, 0.05) is 38.5 Å². The molecule has 1 fully saturated rings. The van der Waals surface area contributed by atoms with Crippen LogP contribution in [0.15, 0.2) is 30.6 Å². The van der Waals surface area contributed by atoms with Crippen LogP contribution in [0.4, 0.5) is 0 Å². The van der Waals surface area contributed by atoms with Crippen molar-refractivity contribution >= 4 is 11.8 Å². The highest BCUT2D eigenvalue weighted by Gasteiger charge is 2.53. The number of hydrogen-bond acceptors (Lipinski definition) is 4. The average molecular weight is 396 g/mol. The van der Waals surface area contributed by atoms with Crippen LogP contribution in [0.2, 0.25) is 0 Å². The first kappa shape index (κ1) is 19.6. The fourth-order valence-electron chi connectivity index (χ4n) is 4.66. The second-order valence-electron chi connectivity index (χ2n) is 8.26. The standard InChI is InChI=1S/C22H28N4O3/c1-4-29-12-20(28)25-13-22(14-25)11-18(21-23-5-6-26(21)22)24-19(27)10-17-8-15(2)7-16(3)9-17/h5-9,18H,4,10-14H2,1-3H3,(H,24,27). The summed E-state index contributed by atoms with van der Waals surface area (Å²) < 4.78 is 7.38. The summed E-state index contributed by atoms with van der Waals surface area (Å²) in [5, 5.41) is 3.16. The molecule has 2 aliphatic heterocycles. The maximum absolute atomic E-state index is 12.7. The summed E-state index contributed by atoms with van der Waals surface area (Å²) in [6.45, 7) is 7.88. The molecule has 1 N–H and O–H groups in total. The molecule has 2 aliphatic rings. The molecule has 1 aromatic carbocycles. The summed E-state index contributed by atoms with van der Waals surface area (Å²) in [5.41, 5.74) is 3.17. The van der Waals surface area contributed by atoms with Gasteiger partial charge < -0.3 is 19.5 Å². The Morgan fingerprint density at radius 2 is 1.97 bits per heavy atom. The Hall–Kier alpha value is -2.67. The Kier molecular flexibility index (Phi) is 5.17. The Balaban J connectivity index is 1.40. The molecule has 0 radical (unpaired) electrons. The van der Waals surface area contributed by atoms with Crippen molar-refractivity contribution in [3.63, 3.8) is 0 Å². The molecule has 1 unspecified atom stereocenters. The zero-order valence-corrected chi connectivity index (χ0v) is 17.3. The molecule has 0 saturated carbocycles. The van der Waals surface area contributed by atoms with E-state index in [2.05, 4.69) is 33.1 Å². The van der Waals surface area contributed by atoms with Gasteiger partial charge in [0.2, 0.25) is 11.8 Å². The van der Waals surface area contributed by atoms with Crippen molar-refractivity contribution in [1.82, 2.24) is 19.8 Å². The number of fused-ring (bicyclic) bond motifs is 2. The highest BCUT2D eigenvalue weighted by molar-refractivity contribution is 5.80. The average Bonchev–Trinajstić information content (AvgIpc) is 3.20. The topological polar surface area (TPSA) is 76.5 Å². The van der Waals surface area contributed by atoms with Crippen LogP contribution in [0, 0.1) is 13.8 Å². The third kappa shape index (κ3) is 3.79. The number of carbonyl (C=O) groups excluding carboxylic acids is 2. The molecule has 0 aliphatic carbocycles. The van der Waals surface area contributed by atoms with Crippen LogP contribution < -0.4 is 5.32 Å². The number of rotatable bonds is 6. The Bertz CT molecular complexity index is 910. The van der Waals surface area contributed by atoms with Crippen LogP contribution in [0.5, 0.6) is 0 Å². The Labute approximate surface area is 171 Å². The number of carbonyl (C=O) groups is 2. The molecular formula is C22H28N4O3. The van der Waals surface area contributed by atoms with E-state index in [9.17, 15) is 9.59 Å². The molecule has 29 heavy (non-hydrogen) atoms. The van der Waals surface area contributed by atoms with Crippen LogP contribution >= 0.6 is 0 Å². The quantitative estimate of drug-likeness (QED) is 0.809. The minimum Gasteiger partial charge on any atom is -0.372 e. The SMILES string of the molecule is CCOCC(=O)N1CC2(CC(NC(=O)Cc3cc(C)cc(C)c3)c3nccn32)C1. The summed E-state index contributed by atoms with van der Waals surface area (Å²) in [7, 11) is 0. The summed E-state index contributed by atoms with van der Waals surface area (Å²) >= 11 is 0. The normalized spacial score (nSPS) is 19.1. The van der Waals surface area contributed by atoms with Gasteiger partial charge in [-0.05, 0) is 26.3 Å². The summed E-state index contributed by atoms with van der Waals surface area (Å²) in [4.78, 5) is 31.2. The second kappa shape index (κ2) is 7.63. The van der Waals surface area contributed by atoms with E-state index in [-0.39, 0.29) is 30.0 Å². The van der Waals surface area contributed by atoms with Gasteiger partial charge in [-0.3, -0.25) is 9.59 Å². The van der Waals surface area contributed by atoms with E-state index in [1.807, 2.05) is 31.9 Å². The van der Waals surface area contributed by atoms with Gasteiger partial charge in [0.05, 0.1) is 18.0 Å². The monoisotopic (exact) mass is 396 g/mol. The first-order chi connectivity index (χ1) is 13.9. The summed E-state index contributed by atoms with van der Waals surface area (Å²) in [6, 6.07) is 6.08. The van der Waals surface area contributed by atoms with Crippen LogP contribution in [-0.2, 0) is 26.3 Å². The number of amides is 2. The second-order valence-corrected chi connectivity index (χ2v) is 8.26. The van der Waals surface area contributed by atoms with E-state index in [1.165, 1.54) is 0 Å². The van der Waals surface area contributed by atoms with Gasteiger partial charge in [-0.15, -0.1) is 0 Å². The molecular weight excluding hydrogens is 368 g/mol. The lowest BCUT2D eigenvalue weighted by molar-refractivity contribution is -0.147. The summed E-state index contributed by atoms with van der Waals surface area (Å²) in [6.07, 6.45) is 4.83. The highest BCUT2D eigenvalue weighted by Crippen LogP contribution is 2.44. The van der Waals surface area contributed by atoms with Gasteiger partial charge in [-0.1, -0.05) is 29.3 Å². The van der Waals surface area contributed by atoms with Gasteiger partial charge in [-0.25, -0.2) is 4.98 Å². The molecule has 7 nitrogen and oxygen atoms in total. The molecule has 1 saturated heterocycles. The fraction of sp³-hybridized carbons (Fsp3) is 0.500. The van der Waals surface area contributed by atoms with Gasteiger partial charge >= 0.3 is 0 Å². The molecule has 3 heterocycles. The minimum atomic E-state index is -0.175. The Morgan fingerprint density at radius 1 is 1.24 bits per heavy atom. The number of benzene rings is 1. The van der Waals surface area contributed by atoms with Crippen LogP contribution in [0.1, 0.15) is 41.9 Å². The predicted molar refractivity (Wildman–Crippen MR) is 108 cm³/mol. The Morgan fingerprint density at radius 3 is 2.66 bits per heavy atom. The number of nitrogens with zero attached hydrogens (tertiary/aromatic N) is 3. The van der Waals surface area contributed by atoms with Crippen molar-refractivity contribution in [2.24, 2.45) is 0 Å². The van der Waals surface area contributed by atoms with E-state index in [4.69, 9.17) is 4.74 Å². The van der Waals surface area contributed by atoms with Crippen molar-refractivity contribution in [2.45, 2.75) is 45.2 Å². The van der Waals surface area contributed by atoms with E-state index >= 15 is 0 Å². The summed E-state index contributed by atoms with van der Waals surface area (Å²) in [5.74, 6) is 0.882. The third-order valence-corrected chi connectivity index (χ3v) is 5.81. The number of likely N-dealkylation sites (tertiary alicyclic amines) is 1. The van der Waals surface area contributed by atoms with E-state index in [0.29, 0.717) is 26.1 Å². The maximum atomic E-state index is 12.7. The zero-order valence-electron chi connectivity index (χ0n) is 17.3. The molecule has 1 spiro atoms. The van der Waals surface area contributed by atoms with Crippen molar-refractivity contribution in [3.8, 4) is 0 Å². The number of hydrogen-bond donors (Lipinski definition) is 1. The van der Waals surface area contributed by atoms with Gasteiger partial charge in [-0.2, -0.15) is 0 Å². The first-order valence-corrected chi connectivity index (χ1v) is 10.2. The number of nitrogens with one attached hydrogen (secondary N) is 1. The third-order valence-electron chi connectivity index (χ3n) is 5.81. The van der Waals surface area contributed by atoms with Crippen molar-refractivity contribution < 1.29 is 14.3 Å². The van der Waals surface area contributed by atoms with Gasteiger partial charge in [0.15, 0.2) is 0 Å². The number of imidazole rings is 1. The van der Waals surface area contributed by atoms with E-state index in [0.717, 1.165) is 28.9 Å². The van der Waals surface area contributed by atoms with Crippen LogP contribution in [0.25, 0.3) is 0 Å². The molecule has 2 amide bonds. The number of aryl methyl sites for hydroxylation is 2. The lowest BCUT2D eigenvalue weighted by Crippen LogP contribution is -2.63. The number of aromatic nitrogens is 2. The van der Waals surface area contributed by atoms with Gasteiger partial charge in [0.25, 0.3) is 0 Å². The maximum Gasteiger partial charge on any atom is 0.248 e. The van der Waals surface area contributed by atoms with Crippen molar-refractivity contribution in [2.75, 3.05) is 26.3 Å².